The van der Waals surface area contributed by atoms with Crippen LogP contribution in [0.3, 0.4) is 0 Å². The van der Waals surface area contributed by atoms with Gasteiger partial charge in [0.2, 0.25) is 0 Å². The molecular weight excluding hydrogens is 715 g/mol. The maximum absolute atomic E-state index is 2.46. The van der Waals surface area contributed by atoms with Crippen LogP contribution in [0.1, 0.15) is 25.0 Å². The van der Waals surface area contributed by atoms with E-state index in [9.17, 15) is 0 Å². The average molecular weight is 752 g/mol. The average Bonchev–Trinajstić information content (AvgIpc) is 3.47. The van der Waals surface area contributed by atoms with Crippen LogP contribution >= 0.6 is 23.5 Å². The highest BCUT2D eigenvalue weighted by Crippen LogP contribution is 2.56. The van der Waals surface area contributed by atoms with Gasteiger partial charge in [-0.25, -0.2) is 0 Å². The highest BCUT2D eigenvalue weighted by atomic mass is 32.2. The number of nitrogens with zero attached hydrogens (tertiary/aromatic N) is 1. The molecule has 9 aromatic carbocycles. The van der Waals surface area contributed by atoms with Gasteiger partial charge in [-0.3, -0.25) is 0 Å². The second kappa shape index (κ2) is 13.1. The van der Waals surface area contributed by atoms with E-state index in [2.05, 4.69) is 207 Å². The van der Waals surface area contributed by atoms with Crippen LogP contribution in [0.25, 0.3) is 54.9 Å². The summed E-state index contributed by atoms with van der Waals surface area (Å²) in [6.45, 7) is 4.78. The van der Waals surface area contributed by atoms with E-state index in [0.717, 1.165) is 11.4 Å². The van der Waals surface area contributed by atoms with E-state index in [0.29, 0.717) is 0 Å². The molecule has 3 heteroatoms. The van der Waals surface area contributed by atoms with Gasteiger partial charge in [0, 0.05) is 41.8 Å². The minimum atomic E-state index is -0.0995. The minimum absolute atomic E-state index is 0.0995. The van der Waals surface area contributed by atoms with Gasteiger partial charge in [-0.2, -0.15) is 0 Å². The van der Waals surface area contributed by atoms with Crippen molar-refractivity contribution in [1.82, 2.24) is 0 Å². The summed E-state index contributed by atoms with van der Waals surface area (Å²) in [6, 6.07) is 69.5. The number of rotatable bonds is 5. The van der Waals surface area contributed by atoms with Gasteiger partial charge in [0.25, 0.3) is 0 Å². The van der Waals surface area contributed by atoms with E-state index in [4.69, 9.17) is 0 Å². The fourth-order valence-corrected chi connectivity index (χ4v) is 11.1. The van der Waals surface area contributed by atoms with Crippen LogP contribution in [0.5, 0.6) is 0 Å². The Hall–Kier alpha value is -6.00. The molecule has 0 bridgehead atoms. The summed E-state index contributed by atoms with van der Waals surface area (Å²) in [5, 5.41) is 4.98. The van der Waals surface area contributed by atoms with E-state index < -0.39 is 0 Å². The van der Waals surface area contributed by atoms with Gasteiger partial charge in [-0.1, -0.05) is 165 Å². The molecule has 0 fully saturated rings. The smallest absolute Gasteiger partial charge is 0.0546 e. The van der Waals surface area contributed by atoms with E-state index >= 15 is 0 Å². The van der Waals surface area contributed by atoms with Crippen molar-refractivity contribution in [1.29, 1.82) is 0 Å². The lowest BCUT2D eigenvalue weighted by atomic mass is 9.81. The van der Waals surface area contributed by atoms with Crippen molar-refractivity contribution < 1.29 is 0 Å². The Morgan fingerprint density at radius 3 is 1.59 bits per heavy atom. The van der Waals surface area contributed by atoms with Gasteiger partial charge in [0.1, 0.15) is 0 Å². The third-order valence-corrected chi connectivity index (χ3v) is 14.2. The van der Waals surface area contributed by atoms with Crippen molar-refractivity contribution in [3.63, 3.8) is 0 Å². The van der Waals surface area contributed by atoms with E-state index in [-0.39, 0.29) is 5.41 Å². The topological polar surface area (TPSA) is 3.24 Å². The molecule has 0 unspecified atom stereocenters. The van der Waals surface area contributed by atoms with Gasteiger partial charge >= 0.3 is 0 Å². The van der Waals surface area contributed by atoms with Crippen LogP contribution in [-0.4, -0.2) is 0 Å². The summed E-state index contributed by atoms with van der Waals surface area (Å²) in [5.74, 6) is 0. The second-order valence-electron chi connectivity index (χ2n) is 15.3. The van der Waals surface area contributed by atoms with E-state index in [1.54, 1.807) is 0 Å². The molecule has 0 saturated carbocycles. The molecule has 56 heavy (non-hydrogen) atoms. The third-order valence-electron chi connectivity index (χ3n) is 11.7. The van der Waals surface area contributed by atoms with Crippen LogP contribution in [0.4, 0.5) is 17.1 Å². The number of anilines is 3. The lowest BCUT2D eigenvalue weighted by molar-refractivity contribution is 0.658. The monoisotopic (exact) mass is 751 g/mol. The predicted octanol–water partition coefficient (Wildman–Crippen LogP) is 15.7. The minimum Gasteiger partial charge on any atom is -0.310 e. The highest BCUT2D eigenvalue weighted by molar-refractivity contribution is 8.05. The molecule has 266 valence electrons. The standard InChI is InChI=1S/C53H37NS2/c1-53(2)46-30-37(24-29-43(46)45-32-51-52(33-47(45)53)56-50-19-11-10-18-49(50)55-51)36-22-27-40(28-23-36)54(39-25-20-35(21-26-39)34-12-4-3-5-13-34)48-31-38-14-6-7-15-41(38)42-16-8-9-17-44(42)48/h3-33H,1-2H3. The van der Waals surface area contributed by atoms with Crippen molar-refractivity contribution in [2.75, 3.05) is 4.90 Å². The van der Waals surface area contributed by atoms with Crippen LogP contribution in [0.15, 0.2) is 208 Å². The number of hydrogen-bond donors (Lipinski definition) is 0. The molecule has 0 spiro atoms. The molecule has 0 aromatic heterocycles. The molecule has 0 atom stereocenters. The predicted molar refractivity (Wildman–Crippen MR) is 239 cm³/mol. The first kappa shape index (κ1) is 33.3. The fraction of sp³-hybridized carbons (Fsp3) is 0.0566. The van der Waals surface area contributed by atoms with E-state index in [1.807, 2.05) is 23.5 Å². The first-order valence-electron chi connectivity index (χ1n) is 19.2. The Bertz CT molecular complexity index is 2980. The molecule has 1 heterocycles. The Labute approximate surface area is 336 Å². The number of benzene rings is 9. The summed E-state index contributed by atoms with van der Waals surface area (Å²) in [7, 11) is 0. The molecule has 9 aromatic rings. The van der Waals surface area contributed by atoms with Gasteiger partial charge in [-0.15, -0.1) is 0 Å². The first-order chi connectivity index (χ1) is 27.5. The zero-order valence-electron chi connectivity index (χ0n) is 31.2. The first-order valence-corrected chi connectivity index (χ1v) is 20.9. The van der Waals surface area contributed by atoms with Crippen molar-refractivity contribution in [3.05, 3.63) is 199 Å². The SMILES string of the molecule is CC1(C)c2cc(-c3ccc(N(c4ccc(-c5ccccc5)cc4)c4cc5ccccc5c5ccccc45)cc3)ccc2-c2cc3c(cc21)Sc1ccccc1S3. The maximum atomic E-state index is 2.46. The fourth-order valence-electron chi connectivity index (χ4n) is 8.82. The summed E-state index contributed by atoms with van der Waals surface area (Å²) < 4.78 is 0. The van der Waals surface area contributed by atoms with Gasteiger partial charge in [0.05, 0.1) is 5.69 Å². The summed E-state index contributed by atoms with van der Waals surface area (Å²) in [6.07, 6.45) is 0. The summed E-state index contributed by atoms with van der Waals surface area (Å²) in [4.78, 5) is 7.83. The zero-order chi connectivity index (χ0) is 37.4. The van der Waals surface area contributed by atoms with E-state index in [1.165, 1.54) is 91.3 Å². The van der Waals surface area contributed by atoms with Crippen LogP contribution < -0.4 is 4.90 Å². The quantitative estimate of drug-likeness (QED) is 0.161. The molecule has 0 saturated heterocycles. The molecule has 0 amide bonds. The maximum Gasteiger partial charge on any atom is 0.0546 e. The molecule has 1 aliphatic heterocycles. The third kappa shape index (κ3) is 5.41. The van der Waals surface area contributed by atoms with Crippen molar-refractivity contribution in [2.45, 2.75) is 38.8 Å². The van der Waals surface area contributed by atoms with Gasteiger partial charge in [0.15, 0.2) is 0 Å². The molecule has 0 radical (unpaired) electrons. The Morgan fingerprint density at radius 2 is 0.893 bits per heavy atom. The Morgan fingerprint density at radius 1 is 0.375 bits per heavy atom. The van der Waals surface area contributed by atoms with Crippen LogP contribution in [0.2, 0.25) is 0 Å². The highest BCUT2D eigenvalue weighted by Gasteiger charge is 2.37. The molecule has 2 aliphatic rings. The van der Waals surface area contributed by atoms with Gasteiger partial charge < -0.3 is 4.90 Å². The zero-order valence-corrected chi connectivity index (χ0v) is 32.8. The van der Waals surface area contributed by atoms with Crippen molar-refractivity contribution in [2.24, 2.45) is 0 Å². The lowest BCUT2D eigenvalue weighted by Gasteiger charge is -2.28. The molecule has 1 aliphatic carbocycles. The lowest BCUT2D eigenvalue weighted by Crippen LogP contribution is -2.15. The molecule has 11 rings (SSSR count). The number of hydrogen-bond acceptors (Lipinski definition) is 3. The summed E-state index contributed by atoms with van der Waals surface area (Å²) >= 11 is 3.80. The molecular formula is C53H37NS2. The van der Waals surface area contributed by atoms with Crippen LogP contribution in [-0.2, 0) is 5.41 Å². The van der Waals surface area contributed by atoms with Gasteiger partial charge in [-0.05, 0) is 121 Å². The Balaban J connectivity index is 0.992. The summed E-state index contributed by atoms with van der Waals surface area (Å²) in [5.41, 5.74) is 13.7. The number of fused-ring (bicyclic) bond motifs is 8. The van der Waals surface area contributed by atoms with Crippen LogP contribution in [0, 0.1) is 0 Å². The molecule has 0 N–H and O–H groups in total. The van der Waals surface area contributed by atoms with Crippen molar-refractivity contribution >= 4 is 62.1 Å². The molecule has 1 nitrogen and oxygen atoms in total. The second-order valence-corrected chi connectivity index (χ2v) is 17.5. The Kier molecular flexibility index (Phi) is 7.77. The largest absolute Gasteiger partial charge is 0.310 e. The normalized spacial score (nSPS) is 13.5. The van der Waals surface area contributed by atoms with Crippen molar-refractivity contribution in [3.8, 4) is 33.4 Å².